The first-order valence-electron chi connectivity index (χ1n) is 7.50. The topological polar surface area (TPSA) is 86.9 Å². The van der Waals surface area contributed by atoms with E-state index in [4.69, 9.17) is 4.74 Å². The van der Waals surface area contributed by atoms with Crippen molar-refractivity contribution < 1.29 is 9.53 Å². The molecule has 0 aliphatic rings. The minimum atomic E-state index is -0.226. The Bertz CT molecular complexity index is 824. The molecule has 124 valence electrons. The molecule has 0 unspecified atom stereocenters. The summed E-state index contributed by atoms with van der Waals surface area (Å²) in [5.74, 6) is 0.0837. The van der Waals surface area contributed by atoms with Crippen LogP contribution in [0.4, 0.5) is 0 Å². The van der Waals surface area contributed by atoms with Crippen molar-refractivity contribution in [1.29, 1.82) is 0 Å². The van der Waals surface area contributed by atoms with Crippen molar-refractivity contribution in [3.8, 4) is 11.6 Å². The molecule has 3 rings (SSSR count). The fourth-order valence-electron chi connectivity index (χ4n) is 2.27. The van der Waals surface area contributed by atoms with Gasteiger partial charge in [-0.05, 0) is 12.1 Å². The number of aromatic nitrogens is 5. The molecule has 0 fully saturated rings. The maximum absolute atomic E-state index is 12.2. The van der Waals surface area contributed by atoms with Gasteiger partial charge in [0.05, 0.1) is 24.7 Å². The first-order chi connectivity index (χ1) is 11.7. The Morgan fingerprint density at radius 2 is 2.04 bits per heavy atom. The van der Waals surface area contributed by atoms with Crippen LogP contribution in [0.3, 0.4) is 0 Å². The Kier molecular flexibility index (Phi) is 4.55. The average Bonchev–Trinajstić information content (AvgIpc) is 3.22. The van der Waals surface area contributed by atoms with Crippen molar-refractivity contribution >= 4 is 5.91 Å². The number of aryl methyl sites for hydroxylation is 1. The predicted octanol–water partition coefficient (Wildman–Crippen LogP) is 0.982. The minimum absolute atomic E-state index is 0.226. The van der Waals surface area contributed by atoms with E-state index in [-0.39, 0.29) is 5.91 Å². The molecule has 0 radical (unpaired) electrons. The lowest BCUT2D eigenvalue weighted by molar-refractivity contribution is 0.0951. The Balaban J connectivity index is 1.57. The van der Waals surface area contributed by atoms with E-state index in [0.29, 0.717) is 24.4 Å². The minimum Gasteiger partial charge on any atom is -0.479 e. The number of nitrogens with one attached hydrogen (secondary N) is 1. The molecule has 0 spiro atoms. The summed E-state index contributed by atoms with van der Waals surface area (Å²) in [5.41, 5.74) is 2.11. The number of nitrogens with zero attached hydrogens (tertiary/aromatic N) is 5. The number of ether oxygens (including phenoxy) is 1. The van der Waals surface area contributed by atoms with Crippen LogP contribution >= 0.6 is 0 Å². The fraction of sp³-hybridized carbons (Fsp3) is 0.250. The zero-order valence-electron chi connectivity index (χ0n) is 13.5. The summed E-state index contributed by atoms with van der Waals surface area (Å²) in [6, 6.07) is 9.66. The quantitative estimate of drug-likeness (QED) is 0.730. The van der Waals surface area contributed by atoms with Gasteiger partial charge >= 0.3 is 0 Å². The lowest BCUT2D eigenvalue weighted by atomic mass is 10.3. The smallest absolute Gasteiger partial charge is 0.258 e. The van der Waals surface area contributed by atoms with E-state index >= 15 is 0 Å². The number of carbonyl (C=O) groups excluding carboxylic acids is 1. The maximum Gasteiger partial charge on any atom is 0.258 e. The highest BCUT2D eigenvalue weighted by Gasteiger charge is 2.15. The molecule has 2 heterocycles. The van der Waals surface area contributed by atoms with Crippen molar-refractivity contribution in [3.05, 3.63) is 54.0 Å². The van der Waals surface area contributed by atoms with Gasteiger partial charge in [0.1, 0.15) is 5.56 Å². The molecule has 24 heavy (non-hydrogen) atoms. The van der Waals surface area contributed by atoms with Gasteiger partial charge in [-0.3, -0.25) is 9.48 Å². The summed E-state index contributed by atoms with van der Waals surface area (Å²) in [7, 11) is 3.22. The van der Waals surface area contributed by atoms with Gasteiger partial charge in [0, 0.05) is 26.2 Å². The largest absolute Gasteiger partial charge is 0.479 e. The number of carbonyl (C=O) groups is 1. The molecular formula is C16H18N6O2. The molecule has 8 nitrogen and oxygen atoms in total. The van der Waals surface area contributed by atoms with E-state index in [1.165, 1.54) is 7.11 Å². The Labute approximate surface area is 139 Å². The van der Waals surface area contributed by atoms with Crippen molar-refractivity contribution in [1.82, 2.24) is 30.1 Å². The molecule has 0 saturated carbocycles. The van der Waals surface area contributed by atoms with Crippen LogP contribution in [-0.4, -0.2) is 44.3 Å². The van der Waals surface area contributed by atoms with Gasteiger partial charge in [0.25, 0.3) is 5.91 Å². The third-order valence-corrected chi connectivity index (χ3v) is 3.43. The van der Waals surface area contributed by atoms with Crippen LogP contribution in [0, 0.1) is 0 Å². The number of methoxy groups -OCH3 is 1. The highest BCUT2D eigenvalue weighted by Crippen LogP contribution is 2.14. The van der Waals surface area contributed by atoms with Gasteiger partial charge in [-0.15, -0.1) is 5.10 Å². The molecular weight excluding hydrogens is 308 g/mol. The molecule has 1 amide bonds. The van der Waals surface area contributed by atoms with Crippen molar-refractivity contribution in [2.24, 2.45) is 7.05 Å². The van der Waals surface area contributed by atoms with E-state index < -0.39 is 0 Å². The summed E-state index contributed by atoms with van der Waals surface area (Å²) < 4.78 is 6.63. The van der Waals surface area contributed by atoms with Crippen molar-refractivity contribution in [3.63, 3.8) is 0 Å². The summed E-state index contributed by atoms with van der Waals surface area (Å²) in [5, 5.41) is 15.5. The molecule has 0 aliphatic heterocycles. The fourth-order valence-corrected chi connectivity index (χ4v) is 2.27. The molecule has 0 bridgehead atoms. The maximum atomic E-state index is 12.2. The van der Waals surface area contributed by atoms with Crippen molar-refractivity contribution in [2.75, 3.05) is 13.7 Å². The standard InChI is InChI=1S/C16H18N6O2/c1-21-11-14(16(20-21)24-2)15(23)17-9-8-12-10-18-22(19-12)13-6-4-3-5-7-13/h3-7,10-11H,8-9H2,1-2H3,(H,17,23). The lowest BCUT2D eigenvalue weighted by Crippen LogP contribution is -2.25. The molecule has 0 saturated heterocycles. The van der Waals surface area contributed by atoms with Crippen molar-refractivity contribution in [2.45, 2.75) is 6.42 Å². The highest BCUT2D eigenvalue weighted by atomic mass is 16.5. The molecule has 8 heteroatoms. The lowest BCUT2D eigenvalue weighted by Gasteiger charge is -2.03. The van der Waals surface area contributed by atoms with Gasteiger partial charge in [-0.2, -0.15) is 15.0 Å². The number of amides is 1. The third kappa shape index (κ3) is 3.43. The van der Waals surface area contributed by atoms with Gasteiger partial charge in [-0.25, -0.2) is 0 Å². The number of rotatable bonds is 6. The van der Waals surface area contributed by atoms with Crippen LogP contribution in [0.2, 0.25) is 0 Å². The second kappa shape index (κ2) is 6.95. The monoisotopic (exact) mass is 326 g/mol. The van der Waals surface area contributed by atoms with Crippen LogP contribution in [0.5, 0.6) is 5.88 Å². The van der Waals surface area contributed by atoms with Gasteiger partial charge < -0.3 is 10.1 Å². The molecule has 0 aliphatic carbocycles. The van der Waals surface area contributed by atoms with Crippen LogP contribution in [0.1, 0.15) is 16.1 Å². The van der Waals surface area contributed by atoms with E-state index in [9.17, 15) is 4.79 Å². The van der Waals surface area contributed by atoms with Gasteiger partial charge in [0.2, 0.25) is 5.88 Å². The second-order valence-electron chi connectivity index (χ2n) is 5.19. The van der Waals surface area contributed by atoms with Crippen LogP contribution in [0.15, 0.2) is 42.7 Å². The van der Waals surface area contributed by atoms with E-state index in [1.54, 1.807) is 28.9 Å². The Morgan fingerprint density at radius 1 is 1.25 bits per heavy atom. The van der Waals surface area contributed by atoms with Crippen LogP contribution in [0.25, 0.3) is 5.69 Å². The number of benzene rings is 1. The Hall–Kier alpha value is -3.16. The number of hydrogen-bond donors (Lipinski definition) is 1. The first-order valence-corrected chi connectivity index (χ1v) is 7.50. The molecule has 1 N–H and O–H groups in total. The van der Waals surface area contributed by atoms with Crippen LogP contribution < -0.4 is 10.1 Å². The third-order valence-electron chi connectivity index (χ3n) is 3.43. The summed E-state index contributed by atoms with van der Waals surface area (Å²) in [6.07, 6.45) is 3.91. The molecule has 1 aromatic carbocycles. The predicted molar refractivity (Wildman–Crippen MR) is 87.2 cm³/mol. The van der Waals surface area contributed by atoms with Gasteiger partial charge in [-0.1, -0.05) is 18.2 Å². The average molecular weight is 326 g/mol. The number of para-hydroxylation sites is 1. The summed E-state index contributed by atoms with van der Waals surface area (Å²) in [4.78, 5) is 13.7. The summed E-state index contributed by atoms with van der Waals surface area (Å²) >= 11 is 0. The van der Waals surface area contributed by atoms with E-state index in [0.717, 1.165) is 11.4 Å². The SMILES string of the molecule is COc1nn(C)cc1C(=O)NCCc1cnn(-c2ccccc2)n1. The molecule has 2 aromatic heterocycles. The number of hydrogen-bond acceptors (Lipinski definition) is 5. The first kappa shape index (κ1) is 15.7. The summed E-state index contributed by atoms with van der Waals surface area (Å²) in [6.45, 7) is 0.449. The van der Waals surface area contributed by atoms with Crippen LogP contribution in [-0.2, 0) is 13.5 Å². The van der Waals surface area contributed by atoms with E-state index in [1.807, 2.05) is 30.3 Å². The second-order valence-corrected chi connectivity index (χ2v) is 5.19. The van der Waals surface area contributed by atoms with Gasteiger partial charge in [0.15, 0.2) is 0 Å². The highest BCUT2D eigenvalue weighted by molar-refractivity contribution is 5.96. The zero-order valence-corrected chi connectivity index (χ0v) is 13.5. The molecule has 0 atom stereocenters. The Morgan fingerprint density at radius 3 is 2.79 bits per heavy atom. The zero-order chi connectivity index (χ0) is 16.9. The normalized spacial score (nSPS) is 10.6. The molecule has 3 aromatic rings. The van der Waals surface area contributed by atoms with E-state index in [2.05, 4.69) is 20.6 Å².